The number of fused-ring (bicyclic) bond motifs is 1. The number of esters is 1. The van der Waals surface area contributed by atoms with Gasteiger partial charge in [0.05, 0.1) is 18.8 Å². The SMILES string of the molecule is CC(=O)OC[C@@H]1C[C@@H]2O[C@@H]2C[C@H]1C. The highest BCUT2D eigenvalue weighted by Crippen LogP contribution is 2.42. The standard InChI is InChI=1S/C10H16O3/c1-6-3-9-10(13-9)4-8(6)5-12-7(2)11/h6,8-10H,3-5H2,1-2H3/t6-,8+,9-,10+/m1/s1. The molecule has 0 amide bonds. The summed E-state index contributed by atoms with van der Waals surface area (Å²) in [4.78, 5) is 10.6. The van der Waals surface area contributed by atoms with Gasteiger partial charge in [-0.3, -0.25) is 4.79 Å². The quantitative estimate of drug-likeness (QED) is 0.480. The number of epoxide rings is 1. The van der Waals surface area contributed by atoms with Crippen LogP contribution in [0.15, 0.2) is 0 Å². The summed E-state index contributed by atoms with van der Waals surface area (Å²) in [6.07, 6.45) is 3.19. The van der Waals surface area contributed by atoms with Gasteiger partial charge in [-0.1, -0.05) is 6.92 Å². The highest BCUT2D eigenvalue weighted by atomic mass is 16.6. The summed E-state index contributed by atoms with van der Waals surface area (Å²) in [6.45, 7) is 4.25. The van der Waals surface area contributed by atoms with Crippen molar-refractivity contribution in [2.75, 3.05) is 6.61 Å². The lowest BCUT2D eigenvalue weighted by atomic mass is 9.81. The highest BCUT2D eigenvalue weighted by molar-refractivity contribution is 5.65. The second-order valence-electron chi connectivity index (χ2n) is 4.22. The lowest BCUT2D eigenvalue weighted by molar-refractivity contribution is -0.143. The zero-order valence-corrected chi connectivity index (χ0v) is 8.16. The molecule has 3 heteroatoms. The molecule has 2 aliphatic rings. The molecule has 1 saturated heterocycles. The largest absolute Gasteiger partial charge is 0.466 e. The summed E-state index contributed by atoms with van der Waals surface area (Å²) in [6, 6.07) is 0. The van der Waals surface area contributed by atoms with Crippen LogP contribution in [0.3, 0.4) is 0 Å². The molecule has 0 N–H and O–H groups in total. The van der Waals surface area contributed by atoms with Crippen molar-refractivity contribution in [1.29, 1.82) is 0 Å². The minimum Gasteiger partial charge on any atom is -0.466 e. The summed E-state index contributed by atoms with van der Waals surface area (Å²) >= 11 is 0. The zero-order valence-electron chi connectivity index (χ0n) is 8.16. The van der Waals surface area contributed by atoms with Crippen molar-refractivity contribution in [2.24, 2.45) is 11.8 Å². The van der Waals surface area contributed by atoms with Crippen LogP contribution >= 0.6 is 0 Å². The number of ether oxygens (including phenoxy) is 2. The van der Waals surface area contributed by atoms with Crippen LogP contribution in [0.4, 0.5) is 0 Å². The highest BCUT2D eigenvalue weighted by Gasteiger charge is 2.46. The molecule has 0 aromatic heterocycles. The molecule has 1 saturated carbocycles. The van der Waals surface area contributed by atoms with E-state index in [-0.39, 0.29) is 5.97 Å². The summed E-state index contributed by atoms with van der Waals surface area (Å²) < 4.78 is 10.5. The third-order valence-corrected chi connectivity index (χ3v) is 3.13. The smallest absolute Gasteiger partial charge is 0.302 e. The predicted molar refractivity (Wildman–Crippen MR) is 47.2 cm³/mol. The molecule has 1 aliphatic carbocycles. The van der Waals surface area contributed by atoms with Crippen LogP contribution in [-0.2, 0) is 14.3 Å². The second kappa shape index (κ2) is 3.29. The van der Waals surface area contributed by atoms with Crippen LogP contribution in [-0.4, -0.2) is 24.8 Å². The minimum absolute atomic E-state index is 0.175. The van der Waals surface area contributed by atoms with E-state index >= 15 is 0 Å². The van der Waals surface area contributed by atoms with Gasteiger partial charge in [0.1, 0.15) is 0 Å². The summed E-state index contributed by atoms with van der Waals surface area (Å²) in [5, 5.41) is 0. The van der Waals surface area contributed by atoms with Crippen molar-refractivity contribution in [3.8, 4) is 0 Å². The van der Waals surface area contributed by atoms with Crippen molar-refractivity contribution in [3.05, 3.63) is 0 Å². The number of hydrogen-bond acceptors (Lipinski definition) is 3. The van der Waals surface area contributed by atoms with Gasteiger partial charge in [-0.15, -0.1) is 0 Å². The number of carbonyl (C=O) groups is 1. The van der Waals surface area contributed by atoms with Crippen LogP contribution in [0, 0.1) is 11.8 Å². The van der Waals surface area contributed by atoms with Gasteiger partial charge in [0.2, 0.25) is 0 Å². The number of carbonyl (C=O) groups excluding carboxylic acids is 1. The molecule has 2 rings (SSSR count). The van der Waals surface area contributed by atoms with Gasteiger partial charge in [-0.2, -0.15) is 0 Å². The number of hydrogen-bond donors (Lipinski definition) is 0. The van der Waals surface area contributed by atoms with Gasteiger partial charge < -0.3 is 9.47 Å². The molecule has 0 spiro atoms. The van der Waals surface area contributed by atoms with E-state index in [1.165, 1.54) is 6.92 Å². The Morgan fingerprint density at radius 3 is 2.85 bits per heavy atom. The Hall–Kier alpha value is -0.570. The summed E-state index contributed by atoms with van der Waals surface area (Å²) in [5.41, 5.74) is 0. The van der Waals surface area contributed by atoms with E-state index in [4.69, 9.17) is 9.47 Å². The Kier molecular flexibility index (Phi) is 2.28. The van der Waals surface area contributed by atoms with E-state index in [9.17, 15) is 4.79 Å². The predicted octanol–water partition coefficient (Wildman–Crippen LogP) is 1.36. The summed E-state index contributed by atoms with van der Waals surface area (Å²) in [5.74, 6) is 0.960. The molecule has 3 nitrogen and oxygen atoms in total. The molecule has 0 bridgehead atoms. The molecule has 1 heterocycles. The monoisotopic (exact) mass is 184 g/mol. The molecular weight excluding hydrogens is 168 g/mol. The first-order valence-electron chi connectivity index (χ1n) is 4.95. The minimum atomic E-state index is -0.175. The van der Waals surface area contributed by atoms with E-state index in [1.807, 2.05) is 0 Å². The molecule has 74 valence electrons. The molecular formula is C10H16O3. The van der Waals surface area contributed by atoms with Gasteiger partial charge in [0, 0.05) is 6.92 Å². The fourth-order valence-corrected chi connectivity index (χ4v) is 2.14. The Morgan fingerprint density at radius 1 is 1.46 bits per heavy atom. The maximum atomic E-state index is 10.6. The van der Waals surface area contributed by atoms with Gasteiger partial charge in [0.15, 0.2) is 0 Å². The Balaban J connectivity index is 1.80. The van der Waals surface area contributed by atoms with E-state index < -0.39 is 0 Å². The third kappa shape index (κ3) is 2.02. The van der Waals surface area contributed by atoms with E-state index in [0.29, 0.717) is 30.7 Å². The topological polar surface area (TPSA) is 38.8 Å². The molecule has 13 heavy (non-hydrogen) atoms. The third-order valence-electron chi connectivity index (χ3n) is 3.13. The van der Waals surface area contributed by atoms with Gasteiger partial charge >= 0.3 is 5.97 Å². The first-order valence-corrected chi connectivity index (χ1v) is 4.95. The Labute approximate surface area is 78.4 Å². The number of rotatable bonds is 2. The Morgan fingerprint density at radius 2 is 2.15 bits per heavy atom. The molecule has 1 aliphatic heterocycles. The van der Waals surface area contributed by atoms with E-state index in [1.54, 1.807) is 0 Å². The van der Waals surface area contributed by atoms with Crippen LogP contribution < -0.4 is 0 Å². The van der Waals surface area contributed by atoms with Crippen molar-refractivity contribution in [3.63, 3.8) is 0 Å². The molecule has 0 radical (unpaired) electrons. The Bertz CT molecular complexity index is 214. The van der Waals surface area contributed by atoms with Crippen LogP contribution in [0.5, 0.6) is 0 Å². The lowest BCUT2D eigenvalue weighted by Gasteiger charge is -2.25. The van der Waals surface area contributed by atoms with E-state index in [2.05, 4.69) is 6.92 Å². The molecule has 0 aromatic rings. The summed E-state index contributed by atoms with van der Waals surface area (Å²) in [7, 11) is 0. The van der Waals surface area contributed by atoms with Crippen molar-refractivity contribution in [2.45, 2.75) is 38.9 Å². The van der Waals surface area contributed by atoms with Crippen molar-refractivity contribution >= 4 is 5.97 Å². The van der Waals surface area contributed by atoms with Crippen LogP contribution in [0.25, 0.3) is 0 Å². The lowest BCUT2D eigenvalue weighted by Crippen LogP contribution is -2.26. The van der Waals surface area contributed by atoms with Crippen molar-refractivity contribution < 1.29 is 14.3 Å². The zero-order chi connectivity index (χ0) is 9.42. The van der Waals surface area contributed by atoms with E-state index in [0.717, 1.165) is 12.8 Å². The van der Waals surface area contributed by atoms with Gasteiger partial charge in [0.25, 0.3) is 0 Å². The maximum Gasteiger partial charge on any atom is 0.302 e. The first-order chi connectivity index (χ1) is 6.16. The first kappa shape index (κ1) is 9.00. The maximum absolute atomic E-state index is 10.6. The van der Waals surface area contributed by atoms with Crippen LogP contribution in [0.1, 0.15) is 26.7 Å². The molecule has 0 aromatic carbocycles. The fraction of sp³-hybridized carbons (Fsp3) is 0.900. The van der Waals surface area contributed by atoms with Gasteiger partial charge in [-0.05, 0) is 24.7 Å². The normalized spacial score (nSPS) is 42.3. The van der Waals surface area contributed by atoms with Gasteiger partial charge in [-0.25, -0.2) is 0 Å². The fourth-order valence-electron chi connectivity index (χ4n) is 2.14. The van der Waals surface area contributed by atoms with Crippen molar-refractivity contribution in [1.82, 2.24) is 0 Å². The molecule has 0 unspecified atom stereocenters. The average molecular weight is 184 g/mol. The van der Waals surface area contributed by atoms with Crippen LogP contribution in [0.2, 0.25) is 0 Å². The molecule has 4 atom stereocenters. The second-order valence-corrected chi connectivity index (χ2v) is 4.22. The average Bonchev–Trinajstić information content (AvgIpc) is 2.77. The molecule has 2 fully saturated rings.